The van der Waals surface area contributed by atoms with Gasteiger partial charge in [-0.3, -0.25) is 4.79 Å². The highest BCUT2D eigenvalue weighted by Crippen LogP contribution is 2.16. The molecule has 2 N–H and O–H groups in total. The Morgan fingerprint density at radius 2 is 2.00 bits per heavy atom. The molecule has 0 saturated carbocycles. The highest BCUT2D eigenvalue weighted by atomic mass is 35.5. The monoisotopic (exact) mass is 282 g/mol. The zero-order valence-electron chi connectivity index (χ0n) is 12.1. The molecule has 19 heavy (non-hydrogen) atoms. The maximum atomic E-state index is 11.8. The van der Waals surface area contributed by atoms with Crippen LogP contribution in [0.4, 0.5) is 0 Å². The van der Waals surface area contributed by atoms with Gasteiger partial charge < -0.3 is 10.6 Å². The van der Waals surface area contributed by atoms with Gasteiger partial charge in [0, 0.05) is 18.1 Å². The van der Waals surface area contributed by atoms with E-state index in [1.165, 1.54) is 0 Å². The molecule has 0 spiro atoms. The van der Waals surface area contributed by atoms with Gasteiger partial charge in [-0.1, -0.05) is 37.6 Å². The Morgan fingerprint density at radius 3 is 2.58 bits per heavy atom. The second-order valence-electron chi connectivity index (χ2n) is 5.33. The fraction of sp³-hybridized carbons (Fsp3) is 0.533. The summed E-state index contributed by atoms with van der Waals surface area (Å²) in [4.78, 5) is 11.8. The first-order chi connectivity index (χ1) is 8.90. The van der Waals surface area contributed by atoms with E-state index >= 15 is 0 Å². The van der Waals surface area contributed by atoms with Gasteiger partial charge in [-0.25, -0.2) is 0 Å². The van der Waals surface area contributed by atoms with Crippen LogP contribution in [0, 0.1) is 12.8 Å². The topological polar surface area (TPSA) is 41.1 Å². The van der Waals surface area contributed by atoms with Crippen molar-refractivity contribution in [1.29, 1.82) is 0 Å². The highest BCUT2D eigenvalue weighted by molar-refractivity contribution is 6.31. The molecule has 0 bridgehead atoms. The molecule has 0 fully saturated rings. The van der Waals surface area contributed by atoms with Crippen molar-refractivity contribution in [2.24, 2.45) is 5.92 Å². The summed E-state index contributed by atoms with van der Waals surface area (Å²) in [5, 5.41) is 6.87. The number of aryl methyl sites for hydroxylation is 1. The third-order valence-electron chi connectivity index (χ3n) is 2.93. The summed E-state index contributed by atoms with van der Waals surface area (Å²) in [7, 11) is 0. The third-order valence-corrected chi connectivity index (χ3v) is 3.33. The Labute approximate surface area is 120 Å². The van der Waals surface area contributed by atoms with E-state index in [0.29, 0.717) is 19.0 Å². The zero-order valence-corrected chi connectivity index (χ0v) is 12.8. The van der Waals surface area contributed by atoms with Crippen molar-refractivity contribution in [2.75, 3.05) is 6.54 Å². The number of benzene rings is 1. The van der Waals surface area contributed by atoms with E-state index in [0.717, 1.165) is 16.1 Å². The van der Waals surface area contributed by atoms with Crippen LogP contribution in [0.2, 0.25) is 5.02 Å². The molecule has 0 aliphatic rings. The average molecular weight is 283 g/mol. The molecule has 0 radical (unpaired) electrons. The maximum Gasteiger partial charge on any atom is 0.236 e. The summed E-state index contributed by atoms with van der Waals surface area (Å²) >= 11 is 6.07. The van der Waals surface area contributed by atoms with Gasteiger partial charge in [0.2, 0.25) is 5.91 Å². The lowest BCUT2D eigenvalue weighted by atomic mass is 10.1. The molecule has 106 valence electrons. The first-order valence-electron chi connectivity index (χ1n) is 6.66. The Hall–Kier alpha value is -1.06. The predicted octanol–water partition coefficient (Wildman–Crippen LogP) is 2.90. The lowest BCUT2D eigenvalue weighted by Crippen LogP contribution is -2.42. The second-order valence-corrected chi connectivity index (χ2v) is 5.73. The van der Waals surface area contributed by atoms with Crippen LogP contribution < -0.4 is 10.6 Å². The average Bonchev–Trinajstić information content (AvgIpc) is 2.36. The summed E-state index contributed by atoms with van der Waals surface area (Å²) in [6, 6.07) is 5.73. The van der Waals surface area contributed by atoms with Crippen molar-refractivity contribution in [2.45, 2.75) is 40.3 Å². The van der Waals surface area contributed by atoms with Crippen molar-refractivity contribution in [1.82, 2.24) is 10.6 Å². The summed E-state index contributed by atoms with van der Waals surface area (Å²) in [5.74, 6) is 0.499. The normalized spacial score (nSPS) is 12.5. The summed E-state index contributed by atoms with van der Waals surface area (Å²) in [5.41, 5.74) is 2.15. The maximum absolute atomic E-state index is 11.8. The zero-order chi connectivity index (χ0) is 14.4. The molecule has 1 atom stereocenters. The molecular weight excluding hydrogens is 260 g/mol. The van der Waals surface area contributed by atoms with Crippen molar-refractivity contribution in [3.8, 4) is 0 Å². The fourth-order valence-corrected chi connectivity index (χ4v) is 1.77. The van der Waals surface area contributed by atoms with E-state index in [-0.39, 0.29) is 11.9 Å². The largest absolute Gasteiger partial charge is 0.354 e. The number of nitrogens with one attached hydrogen (secondary N) is 2. The van der Waals surface area contributed by atoms with E-state index in [1.54, 1.807) is 0 Å². The fourth-order valence-electron chi connectivity index (χ4n) is 1.57. The van der Waals surface area contributed by atoms with Gasteiger partial charge in [0.05, 0.1) is 6.04 Å². The molecular formula is C15H23ClN2O. The van der Waals surface area contributed by atoms with E-state index < -0.39 is 0 Å². The number of rotatable bonds is 6. The minimum absolute atomic E-state index is 0.0342. The van der Waals surface area contributed by atoms with Crippen LogP contribution in [0.15, 0.2) is 18.2 Å². The number of carbonyl (C=O) groups is 1. The Balaban J connectivity index is 2.42. The molecule has 4 heteroatoms. The Bertz CT molecular complexity index is 432. The first kappa shape index (κ1) is 16.0. The second kappa shape index (κ2) is 7.51. The van der Waals surface area contributed by atoms with Gasteiger partial charge in [0.1, 0.15) is 0 Å². The molecule has 1 aromatic rings. The lowest BCUT2D eigenvalue weighted by molar-refractivity contribution is -0.122. The number of amides is 1. The molecule has 1 rings (SSSR count). The number of halogens is 1. The van der Waals surface area contributed by atoms with Crippen molar-refractivity contribution >= 4 is 17.5 Å². The summed E-state index contributed by atoms with van der Waals surface area (Å²) in [6.45, 7) is 9.34. The Morgan fingerprint density at radius 1 is 1.32 bits per heavy atom. The van der Waals surface area contributed by atoms with Gasteiger partial charge in [0.25, 0.3) is 0 Å². The van der Waals surface area contributed by atoms with Gasteiger partial charge in [0.15, 0.2) is 0 Å². The quantitative estimate of drug-likeness (QED) is 0.842. The van der Waals surface area contributed by atoms with Crippen LogP contribution in [0.25, 0.3) is 0 Å². The molecule has 0 heterocycles. The molecule has 1 unspecified atom stereocenters. The van der Waals surface area contributed by atoms with E-state index in [9.17, 15) is 4.79 Å². The van der Waals surface area contributed by atoms with E-state index in [1.807, 2.05) is 32.0 Å². The van der Waals surface area contributed by atoms with Crippen molar-refractivity contribution < 1.29 is 4.79 Å². The molecule has 0 aliphatic carbocycles. The van der Waals surface area contributed by atoms with Crippen LogP contribution in [-0.2, 0) is 11.3 Å². The SMILES string of the molecule is Cc1ccc(CNC(C)C(=O)NCC(C)C)cc1Cl. The smallest absolute Gasteiger partial charge is 0.236 e. The standard InChI is InChI=1S/C15H23ClN2O/c1-10(2)8-18-15(19)12(4)17-9-13-6-5-11(3)14(16)7-13/h5-7,10,12,17H,8-9H2,1-4H3,(H,18,19). The van der Waals surface area contributed by atoms with Crippen LogP contribution in [0.3, 0.4) is 0 Å². The number of hydrogen-bond donors (Lipinski definition) is 2. The van der Waals surface area contributed by atoms with E-state index in [4.69, 9.17) is 11.6 Å². The van der Waals surface area contributed by atoms with Crippen LogP contribution >= 0.6 is 11.6 Å². The van der Waals surface area contributed by atoms with Gasteiger partial charge in [-0.2, -0.15) is 0 Å². The van der Waals surface area contributed by atoms with Crippen LogP contribution in [-0.4, -0.2) is 18.5 Å². The minimum atomic E-state index is -0.209. The number of hydrogen-bond acceptors (Lipinski definition) is 2. The van der Waals surface area contributed by atoms with Crippen molar-refractivity contribution in [3.63, 3.8) is 0 Å². The minimum Gasteiger partial charge on any atom is -0.354 e. The molecule has 0 aliphatic heterocycles. The van der Waals surface area contributed by atoms with Crippen LogP contribution in [0.5, 0.6) is 0 Å². The van der Waals surface area contributed by atoms with E-state index in [2.05, 4.69) is 24.5 Å². The Kier molecular flexibility index (Phi) is 6.32. The van der Waals surface area contributed by atoms with Gasteiger partial charge in [-0.15, -0.1) is 0 Å². The van der Waals surface area contributed by atoms with Gasteiger partial charge >= 0.3 is 0 Å². The van der Waals surface area contributed by atoms with Crippen molar-refractivity contribution in [3.05, 3.63) is 34.3 Å². The van der Waals surface area contributed by atoms with Crippen LogP contribution in [0.1, 0.15) is 31.9 Å². The molecule has 1 amide bonds. The summed E-state index contributed by atoms with van der Waals surface area (Å²) < 4.78 is 0. The first-order valence-corrected chi connectivity index (χ1v) is 7.04. The lowest BCUT2D eigenvalue weighted by Gasteiger charge is -2.15. The molecule has 3 nitrogen and oxygen atoms in total. The van der Waals surface area contributed by atoms with Gasteiger partial charge in [-0.05, 0) is 37.0 Å². The molecule has 0 aromatic heterocycles. The number of carbonyl (C=O) groups excluding carboxylic acids is 1. The summed E-state index contributed by atoms with van der Waals surface area (Å²) in [6.07, 6.45) is 0. The molecule has 1 aromatic carbocycles. The predicted molar refractivity (Wildman–Crippen MR) is 80.3 cm³/mol. The third kappa shape index (κ3) is 5.62. The molecule has 0 saturated heterocycles. The highest BCUT2D eigenvalue weighted by Gasteiger charge is 2.12.